The Kier molecular flexibility index (Phi) is 5.12. The van der Waals surface area contributed by atoms with Crippen LogP contribution in [0.2, 0.25) is 0 Å². The molecule has 0 aliphatic carbocycles. The molecule has 0 spiro atoms. The van der Waals surface area contributed by atoms with Gasteiger partial charge in [-0.25, -0.2) is 16.8 Å². The van der Waals surface area contributed by atoms with Gasteiger partial charge in [0.05, 0.1) is 16.8 Å². The number of nitrogens with one attached hydrogen (secondary N) is 1. The number of hydrogen-bond donors (Lipinski definition) is 1. The Hall–Kier alpha value is -0.440. The van der Waals surface area contributed by atoms with Gasteiger partial charge in [-0.3, -0.25) is 0 Å². The van der Waals surface area contributed by atoms with E-state index in [0.29, 0.717) is 12.5 Å². The van der Waals surface area contributed by atoms with E-state index in [2.05, 4.69) is 19.2 Å². The first-order chi connectivity index (χ1) is 9.72. The zero-order chi connectivity index (χ0) is 15.7. The van der Waals surface area contributed by atoms with Crippen LogP contribution in [0.15, 0.2) is 21.7 Å². The molecule has 1 aliphatic rings. The first-order valence-electron chi connectivity index (χ1n) is 6.93. The molecule has 2 unspecified atom stereocenters. The fourth-order valence-corrected chi connectivity index (χ4v) is 8.38. The van der Waals surface area contributed by atoms with Crippen LogP contribution in [0, 0.1) is 5.92 Å². The van der Waals surface area contributed by atoms with Gasteiger partial charge in [-0.1, -0.05) is 19.9 Å². The maximum absolute atomic E-state index is 12.6. The smallest absolute Gasteiger partial charge is 0.193 e. The van der Waals surface area contributed by atoms with Crippen molar-refractivity contribution >= 4 is 31.0 Å². The van der Waals surface area contributed by atoms with Crippen molar-refractivity contribution in [3.05, 3.63) is 17.5 Å². The number of thiophene rings is 1. The molecule has 1 N–H and O–H groups in total. The van der Waals surface area contributed by atoms with Gasteiger partial charge < -0.3 is 5.32 Å². The van der Waals surface area contributed by atoms with Crippen LogP contribution < -0.4 is 5.32 Å². The lowest BCUT2D eigenvalue weighted by molar-refractivity contribution is 0.483. The van der Waals surface area contributed by atoms with Gasteiger partial charge in [0, 0.05) is 6.04 Å². The number of hydrogen-bond acceptors (Lipinski definition) is 6. The summed E-state index contributed by atoms with van der Waals surface area (Å²) in [7, 11) is -6.90. The Balaban J connectivity index is 2.19. The highest BCUT2D eigenvalue weighted by Crippen LogP contribution is 2.28. The summed E-state index contributed by atoms with van der Waals surface area (Å²) in [6, 6.07) is 2.69. The molecule has 0 bridgehead atoms. The van der Waals surface area contributed by atoms with E-state index < -0.39 is 31.0 Å². The van der Waals surface area contributed by atoms with Gasteiger partial charge >= 0.3 is 0 Å². The first-order valence-corrected chi connectivity index (χ1v) is 11.2. The summed E-state index contributed by atoms with van der Waals surface area (Å²) < 4.78 is 49.2. The standard InChI is InChI=1S/C13H21NO4S3/c1-10(2)5-6-14-11-8-20(15,16)9-12(11)21(17,18)13-4-3-7-19-13/h3-4,7,10-12,14H,5-6,8-9H2,1-2H3. The molecular formula is C13H21NO4S3. The summed E-state index contributed by atoms with van der Waals surface area (Å²) in [5, 5.41) is 3.94. The highest BCUT2D eigenvalue weighted by atomic mass is 32.2. The quantitative estimate of drug-likeness (QED) is 0.836. The van der Waals surface area contributed by atoms with Gasteiger partial charge in [-0.15, -0.1) is 11.3 Å². The molecule has 2 rings (SSSR count). The molecule has 1 saturated heterocycles. The second-order valence-corrected chi connectivity index (χ2v) is 11.3. The molecule has 5 nitrogen and oxygen atoms in total. The molecule has 0 amide bonds. The molecular weight excluding hydrogens is 330 g/mol. The zero-order valence-corrected chi connectivity index (χ0v) is 14.6. The first kappa shape index (κ1) is 16.9. The largest absolute Gasteiger partial charge is 0.312 e. The lowest BCUT2D eigenvalue weighted by Gasteiger charge is -2.19. The van der Waals surface area contributed by atoms with Crippen LogP contribution in [-0.2, 0) is 19.7 Å². The van der Waals surface area contributed by atoms with E-state index in [9.17, 15) is 16.8 Å². The zero-order valence-electron chi connectivity index (χ0n) is 12.2. The Morgan fingerprint density at radius 1 is 1.38 bits per heavy atom. The van der Waals surface area contributed by atoms with Gasteiger partial charge in [0.15, 0.2) is 19.7 Å². The molecule has 1 aromatic rings. The van der Waals surface area contributed by atoms with Crippen molar-refractivity contribution in [2.45, 2.75) is 35.8 Å². The van der Waals surface area contributed by atoms with Crippen LogP contribution in [0.5, 0.6) is 0 Å². The molecule has 0 saturated carbocycles. The van der Waals surface area contributed by atoms with Crippen molar-refractivity contribution in [2.24, 2.45) is 5.92 Å². The minimum absolute atomic E-state index is 0.0969. The van der Waals surface area contributed by atoms with Crippen LogP contribution in [0.4, 0.5) is 0 Å². The summed E-state index contributed by atoms with van der Waals surface area (Å²) in [6.07, 6.45) is 0.891. The Bertz CT molecular complexity index is 662. The van der Waals surface area contributed by atoms with E-state index in [0.717, 1.165) is 17.8 Å². The Labute approximate surface area is 130 Å². The van der Waals surface area contributed by atoms with Crippen LogP contribution in [0.25, 0.3) is 0 Å². The maximum Gasteiger partial charge on any atom is 0.193 e. The van der Waals surface area contributed by atoms with Gasteiger partial charge in [0.2, 0.25) is 0 Å². The molecule has 120 valence electrons. The molecule has 21 heavy (non-hydrogen) atoms. The van der Waals surface area contributed by atoms with Gasteiger partial charge in [-0.2, -0.15) is 0 Å². The van der Waals surface area contributed by atoms with Gasteiger partial charge in [0.25, 0.3) is 0 Å². The van der Waals surface area contributed by atoms with Crippen molar-refractivity contribution < 1.29 is 16.8 Å². The number of sulfone groups is 2. The Morgan fingerprint density at radius 2 is 2.10 bits per heavy atom. The monoisotopic (exact) mass is 351 g/mol. The molecule has 0 aromatic carbocycles. The van der Waals surface area contributed by atoms with Crippen molar-refractivity contribution in [1.29, 1.82) is 0 Å². The van der Waals surface area contributed by atoms with Crippen molar-refractivity contribution in [3.8, 4) is 0 Å². The third-order valence-electron chi connectivity index (χ3n) is 3.60. The van der Waals surface area contributed by atoms with Crippen molar-refractivity contribution in [2.75, 3.05) is 18.1 Å². The number of rotatable bonds is 6. The second kappa shape index (κ2) is 6.36. The molecule has 1 fully saturated rings. The van der Waals surface area contributed by atoms with E-state index in [1.807, 2.05) is 0 Å². The summed E-state index contributed by atoms with van der Waals surface area (Å²) >= 11 is 1.14. The molecule has 1 aliphatic heterocycles. The van der Waals surface area contributed by atoms with E-state index in [4.69, 9.17) is 0 Å². The maximum atomic E-state index is 12.6. The van der Waals surface area contributed by atoms with Crippen LogP contribution in [-0.4, -0.2) is 46.2 Å². The lowest BCUT2D eigenvalue weighted by atomic mass is 10.1. The summed E-state index contributed by atoms with van der Waals surface area (Å²) in [5.74, 6) is 0.107. The van der Waals surface area contributed by atoms with Crippen LogP contribution >= 0.6 is 11.3 Å². The minimum atomic E-state index is -3.59. The average Bonchev–Trinajstić information content (AvgIpc) is 2.96. The molecule has 2 heterocycles. The van der Waals surface area contributed by atoms with Crippen LogP contribution in [0.3, 0.4) is 0 Å². The van der Waals surface area contributed by atoms with Crippen LogP contribution in [0.1, 0.15) is 20.3 Å². The molecule has 1 aromatic heterocycles. The summed E-state index contributed by atoms with van der Waals surface area (Å²) in [4.78, 5) is 0. The fraction of sp³-hybridized carbons (Fsp3) is 0.692. The van der Waals surface area contributed by atoms with Crippen molar-refractivity contribution in [3.63, 3.8) is 0 Å². The normalized spacial score (nSPS) is 25.5. The molecule has 0 radical (unpaired) electrons. The van der Waals surface area contributed by atoms with Gasteiger partial charge in [0.1, 0.15) is 4.21 Å². The summed E-state index contributed by atoms with van der Waals surface area (Å²) in [6.45, 7) is 4.79. The predicted molar refractivity (Wildman–Crippen MR) is 85.2 cm³/mol. The fourth-order valence-electron chi connectivity index (χ4n) is 2.44. The SMILES string of the molecule is CC(C)CCNC1CS(=O)(=O)CC1S(=O)(=O)c1cccs1. The third-order valence-corrected chi connectivity index (χ3v) is 9.18. The second-order valence-electron chi connectivity index (χ2n) is 5.84. The van der Waals surface area contributed by atoms with E-state index in [-0.39, 0.29) is 15.7 Å². The molecule has 2 atom stereocenters. The lowest BCUT2D eigenvalue weighted by Crippen LogP contribution is -2.43. The molecule has 8 heteroatoms. The Morgan fingerprint density at radius 3 is 2.67 bits per heavy atom. The topological polar surface area (TPSA) is 80.3 Å². The predicted octanol–water partition coefficient (Wildman–Crippen LogP) is 1.32. The average molecular weight is 352 g/mol. The minimum Gasteiger partial charge on any atom is -0.312 e. The highest BCUT2D eigenvalue weighted by molar-refractivity contribution is 7.97. The van der Waals surface area contributed by atoms with E-state index in [1.165, 1.54) is 6.07 Å². The van der Waals surface area contributed by atoms with E-state index in [1.54, 1.807) is 11.4 Å². The van der Waals surface area contributed by atoms with Gasteiger partial charge in [-0.05, 0) is 30.3 Å². The van der Waals surface area contributed by atoms with Crippen molar-refractivity contribution in [1.82, 2.24) is 5.32 Å². The highest BCUT2D eigenvalue weighted by Gasteiger charge is 2.45. The third kappa shape index (κ3) is 4.06. The summed E-state index contributed by atoms with van der Waals surface area (Å²) in [5.41, 5.74) is 0. The van der Waals surface area contributed by atoms with E-state index >= 15 is 0 Å².